The molecule has 1 amide bonds. The van der Waals surface area contributed by atoms with Gasteiger partial charge in [-0.05, 0) is 12.1 Å². The number of nitrogens with two attached hydrogens (primary N) is 1. The summed E-state index contributed by atoms with van der Waals surface area (Å²) in [4.78, 5) is 15.1. The van der Waals surface area contributed by atoms with Crippen LogP contribution in [0.3, 0.4) is 0 Å². The van der Waals surface area contributed by atoms with Crippen LogP contribution in [0, 0.1) is 5.95 Å². The number of halogens is 1. The fourth-order valence-electron chi connectivity index (χ4n) is 1.13. The van der Waals surface area contributed by atoms with Crippen LogP contribution in [0.15, 0.2) is 24.4 Å². The molecule has 0 aromatic carbocycles. The summed E-state index contributed by atoms with van der Waals surface area (Å²) in [6, 6.07) is 4.09. The smallest absolute Gasteiger partial charge is 0.276 e. The molecular formula is C9H8FN5O. The third-order valence-corrected chi connectivity index (χ3v) is 1.85. The van der Waals surface area contributed by atoms with Crippen LogP contribution in [0.1, 0.15) is 10.5 Å². The first-order valence-corrected chi connectivity index (χ1v) is 4.39. The number of pyridine rings is 1. The second-order valence-corrected chi connectivity index (χ2v) is 3.00. The molecule has 2 aromatic rings. The molecule has 0 saturated heterocycles. The summed E-state index contributed by atoms with van der Waals surface area (Å²) in [6.07, 6.45) is 1.31. The lowest BCUT2D eigenvalue weighted by atomic mass is 10.3. The first kappa shape index (κ1) is 10.1. The fraction of sp³-hybridized carbons (Fsp3) is 0. The number of rotatable bonds is 2. The number of H-pyrrole nitrogens is 1. The molecule has 16 heavy (non-hydrogen) atoms. The SMILES string of the molecule is Nc1cn[nH]c1C(=O)Nc1cccc(F)n1. The number of carbonyl (C=O) groups excluding carboxylic acids is 1. The van der Waals surface area contributed by atoms with E-state index in [4.69, 9.17) is 5.73 Å². The molecule has 0 unspecified atom stereocenters. The van der Waals surface area contributed by atoms with Crippen LogP contribution in [0.5, 0.6) is 0 Å². The molecular weight excluding hydrogens is 213 g/mol. The highest BCUT2D eigenvalue weighted by Crippen LogP contribution is 2.09. The zero-order valence-electron chi connectivity index (χ0n) is 8.07. The lowest BCUT2D eigenvalue weighted by Crippen LogP contribution is -2.15. The lowest BCUT2D eigenvalue weighted by molar-refractivity contribution is 0.102. The minimum absolute atomic E-state index is 0.110. The van der Waals surface area contributed by atoms with E-state index in [0.29, 0.717) is 0 Å². The summed E-state index contributed by atoms with van der Waals surface area (Å²) in [5, 5.41) is 8.41. The van der Waals surface area contributed by atoms with Gasteiger partial charge in [-0.1, -0.05) is 6.07 Å². The molecule has 0 saturated carbocycles. The first-order chi connectivity index (χ1) is 7.66. The molecule has 4 N–H and O–H groups in total. The zero-order chi connectivity index (χ0) is 11.5. The van der Waals surface area contributed by atoms with Crippen LogP contribution in [0.2, 0.25) is 0 Å². The number of hydrogen-bond donors (Lipinski definition) is 3. The average molecular weight is 221 g/mol. The van der Waals surface area contributed by atoms with Gasteiger partial charge in [0.2, 0.25) is 5.95 Å². The van der Waals surface area contributed by atoms with E-state index in [2.05, 4.69) is 20.5 Å². The number of nitrogens with one attached hydrogen (secondary N) is 2. The van der Waals surface area contributed by atoms with Crippen LogP contribution in [0.25, 0.3) is 0 Å². The third kappa shape index (κ3) is 1.97. The van der Waals surface area contributed by atoms with E-state index in [9.17, 15) is 9.18 Å². The Labute approximate surface area is 89.7 Å². The van der Waals surface area contributed by atoms with Crippen molar-refractivity contribution < 1.29 is 9.18 Å². The molecule has 82 valence electrons. The van der Waals surface area contributed by atoms with Gasteiger partial charge in [-0.3, -0.25) is 9.89 Å². The molecule has 0 aliphatic heterocycles. The zero-order valence-corrected chi connectivity index (χ0v) is 8.07. The van der Waals surface area contributed by atoms with Gasteiger partial charge in [0.25, 0.3) is 5.91 Å². The maximum Gasteiger partial charge on any atom is 0.276 e. The molecule has 0 aliphatic rings. The van der Waals surface area contributed by atoms with Gasteiger partial charge in [0, 0.05) is 0 Å². The summed E-state index contributed by atoms with van der Waals surface area (Å²) >= 11 is 0. The van der Waals surface area contributed by atoms with Crippen LogP contribution >= 0.6 is 0 Å². The fourth-order valence-corrected chi connectivity index (χ4v) is 1.13. The Kier molecular flexibility index (Phi) is 2.50. The van der Waals surface area contributed by atoms with Gasteiger partial charge in [-0.2, -0.15) is 9.49 Å². The van der Waals surface area contributed by atoms with E-state index < -0.39 is 11.9 Å². The number of carbonyl (C=O) groups is 1. The minimum atomic E-state index is -0.671. The van der Waals surface area contributed by atoms with Crippen molar-refractivity contribution >= 4 is 17.4 Å². The highest BCUT2D eigenvalue weighted by Gasteiger charge is 2.12. The molecule has 0 spiro atoms. The number of aromatic amines is 1. The Balaban J connectivity index is 2.17. The molecule has 2 heterocycles. The van der Waals surface area contributed by atoms with Crippen molar-refractivity contribution in [3.05, 3.63) is 36.0 Å². The highest BCUT2D eigenvalue weighted by atomic mass is 19.1. The van der Waals surface area contributed by atoms with Gasteiger partial charge in [-0.15, -0.1) is 0 Å². The second kappa shape index (κ2) is 3.97. The quantitative estimate of drug-likeness (QED) is 0.653. The standard InChI is InChI=1S/C9H8FN5O/c10-6-2-1-3-7(13-6)14-9(16)8-5(11)4-12-15-8/h1-4H,11H2,(H,12,15)(H,13,14,16). The van der Waals surface area contributed by atoms with Gasteiger partial charge in [-0.25, -0.2) is 4.98 Å². The van der Waals surface area contributed by atoms with Gasteiger partial charge < -0.3 is 11.1 Å². The van der Waals surface area contributed by atoms with Crippen LogP contribution in [0.4, 0.5) is 15.9 Å². The Morgan fingerprint density at radius 3 is 2.94 bits per heavy atom. The van der Waals surface area contributed by atoms with Crippen molar-refractivity contribution in [1.82, 2.24) is 15.2 Å². The van der Waals surface area contributed by atoms with Crippen molar-refractivity contribution in [3.8, 4) is 0 Å². The summed E-state index contributed by atoms with van der Waals surface area (Å²) in [5.41, 5.74) is 5.81. The Hall–Kier alpha value is -2.44. The lowest BCUT2D eigenvalue weighted by Gasteiger charge is -2.02. The van der Waals surface area contributed by atoms with Crippen molar-refractivity contribution in [3.63, 3.8) is 0 Å². The van der Waals surface area contributed by atoms with E-state index in [1.807, 2.05) is 0 Å². The van der Waals surface area contributed by atoms with Crippen molar-refractivity contribution in [2.24, 2.45) is 0 Å². The monoisotopic (exact) mass is 221 g/mol. The first-order valence-electron chi connectivity index (χ1n) is 4.39. The summed E-state index contributed by atoms with van der Waals surface area (Å²) < 4.78 is 12.7. The van der Waals surface area contributed by atoms with E-state index in [1.54, 1.807) is 0 Å². The van der Waals surface area contributed by atoms with Crippen molar-refractivity contribution in [1.29, 1.82) is 0 Å². The average Bonchev–Trinajstić information content (AvgIpc) is 2.64. The molecule has 2 aromatic heterocycles. The van der Waals surface area contributed by atoms with E-state index in [1.165, 1.54) is 24.4 Å². The number of aromatic nitrogens is 3. The van der Waals surface area contributed by atoms with Gasteiger partial charge in [0.05, 0.1) is 11.9 Å². The van der Waals surface area contributed by atoms with E-state index in [0.717, 1.165) is 0 Å². The van der Waals surface area contributed by atoms with Gasteiger partial charge in [0.1, 0.15) is 11.5 Å². The second-order valence-electron chi connectivity index (χ2n) is 3.00. The van der Waals surface area contributed by atoms with Crippen molar-refractivity contribution in [2.45, 2.75) is 0 Å². The normalized spacial score (nSPS) is 10.1. The molecule has 0 bridgehead atoms. The Morgan fingerprint density at radius 2 is 2.31 bits per heavy atom. The number of amides is 1. The van der Waals surface area contributed by atoms with E-state index >= 15 is 0 Å². The Morgan fingerprint density at radius 1 is 1.50 bits per heavy atom. The van der Waals surface area contributed by atoms with Crippen LogP contribution in [-0.4, -0.2) is 21.1 Å². The van der Waals surface area contributed by atoms with E-state index in [-0.39, 0.29) is 17.2 Å². The van der Waals surface area contributed by atoms with Crippen molar-refractivity contribution in [2.75, 3.05) is 11.1 Å². The van der Waals surface area contributed by atoms with Crippen LogP contribution in [-0.2, 0) is 0 Å². The molecule has 0 fully saturated rings. The number of hydrogen-bond acceptors (Lipinski definition) is 4. The summed E-state index contributed by atoms with van der Waals surface area (Å²) in [6.45, 7) is 0. The number of nitrogens with zero attached hydrogens (tertiary/aromatic N) is 2. The number of anilines is 2. The Bertz CT molecular complexity index is 524. The molecule has 0 aliphatic carbocycles. The number of nitrogen functional groups attached to an aromatic ring is 1. The molecule has 6 nitrogen and oxygen atoms in total. The maximum atomic E-state index is 12.7. The molecule has 0 atom stereocenters. The highest BCUT2D eigenvalue weighted by molar-refractivity contribution is 6.05. The molecule has 2 rings (SSSR count). The predicted octanol–water partition coefficient (Wildman–Crippen LogP) is 0.778. The van der Waals surface area contributed by atoms with Crippen LogP contribution < -0.4 is 11.1 Å². The largest absolute Gasteiger partial charge is 0.396 e. The molecule has 0 radical (unpaired) electrons. The summed E-state index contributed by atoms with van der Waals surface area (Å²) in [7, 11) is 0. The maximum absolute atomic E-state index is 12.7. The third-order valence-electron chi connectivity index (χ3n) is 1.85. The predicted molar refractivity (Wildman–Crippen MR) is 55.1 cm³/mol. The van der Waals surface area contributed by atoms with Gasteiger partial charge >= 0.3 is 0 Å². The molecule has 7 heteroatoms. The van der Waals surface area contributed by atoms with Gasteiger partial charge in [0.15, 0.2) is 0 Å². The summed E-state index contributed by atoms with van der Waals surface area (Å²) in [5.74, 6) is -1.08. The minimum Gasteiger partial charge on any atom is -0.396 e. The topological polar surface area (TPSA) is 96.7 Å².